The van der Waals surface area contributed by atoms with E-state index in [2.05, 4.69) is 5.32 Å². The lowest BCUT2D eigenvalue weighted by Gasteiger charge is -2.37. The molecule has 0 saturated carbocycles. The van der Waals surface area contributed by atoms with Crippen LogP contribution in [-0.4, -0.2) is 52.6 Å². The Kier molecular flexibility index (Phi) is 5.00. The van der Waals surface area contributed by atoms with Crippen molar-refractivity contribution in [3.63, 3.8) is 0 Å². The first-order valence-electron chi connectivity index (χ1n) is 7.05. The molecule has 1 aromatic rings. The van der Waals surface area contributed by atoms with Gasteiger partial charge >= 0.3 is 0 Å². The molecule has 1 saturated heterocycles. The summed E-state index contributed by atoms with van der Waals surface area (Å²) in [6.07, 6.45) is 0.890. The van der Waals surface area contributed by atoms with Crippen LogP contribution < -0.4 is 10.0 Å². The number of sulfonamides is 2. The Labute approximate surface area is 136 Å². The predicted octanol–water partition coefficient (Wildman–Crippen LogP) is 0.568. The van der Waals surface area contributed by atoms with Crippen molar-refractivity contribution in [1.82, 2.24) is 9.62 Å². The van der Waals surface area contributed by atoms with Gasteiger partial charge in [0.25, 0.3) is 0 Å². The zero-order valence-electron chi connectivity index (χ0n) is 13.1. The number of hydrogen-bond donors (Lipinski definition) is 2. The lowest BCUT2D eigenvalue weighted by molar-refractivity contribution is 0.233. The highest BCUT2D eigenvalue weighted by molar-refractivity contribution is 7.92. The SMILES string of the molecule is CC1NCCN(S(=O)(=O)c2ccc(NS(C)(=O)=O)c(F)c2)C1C. The number of piperazine rings is 1. The number of anilines is 1. The molecule has 0 aromatic heterocycles. The highest BCUT2D eigenvalue weighted by atomic mass is 32.2. The minimum absolute atomic E-state index is 0.0189. The molecule has 10 heteroatoms. The van der Waals surface area contributed by atoms with Gasteiger partial charge in [0.05, 0.1) is 16.8 Å². The molecule has 130 valence electrons. The van der Waals surface area contributed by atoms with Crippen molar-refractivity contribution in [2.24, 2.45) is 0 Å². The van der Waals surface area contributed by atoms with E-state index < -0.39 is 25.9 Å². The van der Waals surface area contributed by atoms with Crippen molar-refractivity contribution in [1.29, 1.82) is 0 Å². The molecule has 0 amide bonds. The predicted molar refractivity (Wildman–Crippen MR) is 85.7 cm³/mol. The molecule has 2 unspecified atom stereocenters. The average Bonchev–Trinajstić information content (AvgIpc) is 2.42. The number of halogens is 1. The molecule has 1 aromatic carbocycles. The second-order valence-corrected chi connectivity index (χ2v) is 9.25. The molecule has 23 heavy (non-hydrogen) atoms. The van der Waals surface area contributed by atoms with Crippen LogP contribution in [0, 0.1) is 5.82 Å². The summed E-state index contributed by atoms with van der Waals surface area (Å²) in [4.78, 5) is -0.199. The summed E-state index contributed by atoms with van der Waals surface area (Å²) in [5, 5.41) is 3.17. The Morgan fingerprint density at radius 2 is 1.91 bits per heavy atom. The quantitative estimate of drug-likeness (QED) is 0.813. The fourth-order valence-electron chi connectivity index (χ4n) is 2.44. The molecule has 1 heterocycles. The Morgan fingerprint density at radius 1 is 1.26 bits per heavy atom. The van der Waals surface area contributed by atoms with Crippen molar-refractivity contribution >= 4 is 25.7 Å². The standard InChI is InChI=1S/C13H20FN3O4S2/c1-9-10(2)17(7-6-15-9)23(20,21)11-4-5-13(12(14)8-11)16-22(3,18)19/h4-5,8-10,15-16H,6-7H2,1-3H3. The molecular formula is C13H20FN3O4S2. The van der Waals surface area contributed by atoms with Gasteiger partial charge in [0.1, 0.15) is 5.82 Å². The van der Waals surface area contributed by atoms with E-state index in [1.54, 1.807) is 6.92 Å². The van der Waals surface area contributed by atoms with E-state index in [0.717, 1.165) is 18.4 Å². The summed E-state index contributed by atoms with van der Waals surface area (Å²) in [5.74, 6) is -0.938. The third-order valence-electron chi connectivity index (χ3n) is 3.82. The maximum atomic E-state index is 14.0. The van der Waals surface area contributed by atoms with Gasteiger partial charge in [-0.1, -0.05) is 0 Å². The zero-order valence-corrected chi connectivity index (χ0v) is 14.7. The Hall–Kier alpha value is -1.23. The van der Waals surface area contributed by atoms with Gasteiger partial charge < -0.3 is 5.32 Å². The third kappa shape index (κ3) is 4.00. The number of nitrogens with zero attached hydrogens (tertiary/aromatic N) is 1. The van der Waals surface area contributed by atoms with Crippen molar-refractivity contribution in [2.75, 3.05) is 24.1 Å². The monoisotopic (exact) mass is 365 g/mol. The number of hydrogen-bond acceptors (Lipinski definition) is 5. The summed E-state index contributed by atoms with van der Waals surface area (Å²) in [6.45, 7) is 4.47. The van der Waals surface area contributed by atoms with E-state index in [4.69, 9.17) is 0 Å². The lowest BCUT2D eigenvalue weighted by atomic mass is 10.1. The minimum atomic E-state index is -3.85. The molecule has 0 aliphatic carbocycles. The Bertz CT molecular complexity index is 795. The Balaban J connectivity index is 2.35. The van der Waals surface area contributed by atoms with E-state index >= 15 is 0 Å². The summed E-state index contributed by atoms with van der Waals surface area (Å²) >= 11 is 0. The van der Waals surface area contributed by atoms with Crippen LogP contribution in [0.2, 0.25) is 0 Å². The normalized spacial score (nSPS) is 23.7. The lowest BCUT2D eigenvalue weighted by Crippen LogP contribution is -2.57. The van der Waals surface area contributed by atoms with Crippen LogP contribution in [0.25, 0.3) is 0 Å². The van der Waals surface area contributed by atoms with E-state index in [1.165, 1.54) is 10.4 Å². The van der Waals surface area contributed by atoms with Gasteiger partial charge in [-0.05, 0) is 32.0 Å². The molecule has 1 fully saturated rings. The molecule has 0 bridgehead atoms. The second kappa shape index (κ2) is 6.34. The van der Waals surface area contributed by atoms with Crippen LogP contribution in [-0.2, 0) is 20.0 Å². The van der Waals surface area contributed by atoms with Crippen LogP contribution in [0.1, 0.15) is 13.8 Å². The molecule has 1 aliphatic heterocycles. The first-order chi connectivity index (χ1) is 10.5. The molecule has 0 spiro atoms. The number of nitrogens with one attached hydrogen (secondary N) is 2. The Morgan fingerprint density at radius 3 is 2.48 bits per heavy atom. The molecule has 7 nitrogen and oxygen atoms in total. The molecule has 1 aliphatic rings. The van der Waals surface area contributed by atoms with Crippen LogP contribution in [0.5, 0.6) is 0 Å². The highest BCUT2D eigenvalue weighted by Crippen LogP contribution is 2.25. The summed E-state index contributed by atoms with van der Waals surface area (Å²) in [6, 6.07) is 2.85. The molecule has 0 radical (unpaired) electrons. The maximum Gasteiger partial charge on any atom is 0.243 e. The number of rotatable bonds is 4. The average molecular weight is 365 g/mol. The highest BCUT2D eigenvalue weighted by Gasteiger charge is 2.34. The van der Waals surface area contributed by atoms with Gasteiger partial charge in [-0.2, -0.15) is 4.31 Å². The maximum absolute atomic E-state index is 14.0. The van der Waals surface area contributed by atoms with Crippen LogP contribution in [0.3, 0.4) is 0 Å². The molecule has 2 N–H and O–H groups in total. The summed E-state index contributed by atoms with van der Waals surface area (Å²) < 4.78 is 65.0. The smallest absolute Gasteiger partial charge is 0.243 e. The van der Waals surface area contributed by atoms with Crippen LogP contribution in [0.4, 0.5) is 10.1 Å². The fraction of sp³-hybridized carbons (Fsp3) is 0.538. The van der Waals surface area contributed by atoms with Gasteiger partial charge in [-0.3, -0.25) is 4.72 Å². The molecule has 2 atom stereocenters. The van der Waals surface area contributed by atoms with Crippen molar-refractivity contribution in [3.05, 3.63) is 24.0 Å². The van der Waals surface area contributed by atoms with E-state index in [0.29, 0.717) is 13.1 Å². The van der Waals surface area contributed by atoms with Crippen molar-refractivity contribution < 1.29 is 21.2 Å². The third-order valence-corrected chi connectivity index (χ3v) is 6.39. The summed E-state index contributed by atoms with van der Waals surface area (Å²) in [5.41, 5.74) is -0.284. The minimum Gasteiger partial charge on any atom is -0.311 e. The second-order valence-electron chi connectivity index (χ2n) is 5.62. The molecular weight excluding hydrogens is 345 g/mol. The molecule has 2 rings (SSSR count). The van der Waals surface area contributed by atoms with Crippen LogP contribution >= 0.6 is 0 Å². The van der Waals surface area contributed by atoms with E-state index in [9.17, 15) is 21.2 Å². The van der Waals surface area contributed by atoms with Gasteiger partial charge in [-0.25, -0.2) is 21.2 Å². The topological polar surface area (TPSA) is 95.6 Å². The van der Waals surface area contributed by atoms with Gasteiger partial charge in [0.15, 0.2) is 0 Å². The summed E-state index contributed by atoms with van der Waals surface area (Å²) in [7, 11) is -7.49. The van der Waals surface area contributed by atoms with Gasteiger partial charge in [0, 0.05) is 25.2 Å². The van der Waals surface area contributed by atoms with E-state index in [-0.39, 0.29) is 22.7 Å². The number of benzene rings is 1. The van der Waals surface area contributed by atoms with Gasteiger partial charge in [-0.15, -0.1) is 0 Å². The first-order valence-corrected chi connectivity index (χ1v) is 10.4. The first kappa shape index (κ1) is 18.1. The van der Waals surface area contributed by atoms with Crippen molar-refractivity contribution in [2.45, 2.75) is 30.8 Å². The van der Waals surface area contributed by atoms with Crippen molar-refractivity contribution in [3.8, 4) is 0 Å². The largest absolute Gasteiger partial charge is 0.311 e. The van der Waals surface area contributed by atoms with Crippen LogP contribution in [0.15, 0.2) is 23.1 Å². The fourth-order valence-corrected chi connectivity index (χ4v) is 4.72. The van der Waals surface area contributed by atoms with Gasteiger partial charge in [0.2, 0.25) is 20.0 Å². The van der Waals surface area contributed by atoms with E-state index in [1.807, 2.05) is 11.6 Å². The zero-order chi connectivity index (χ0) is 17.4.